The van der Waals surface area contributed by atoms with Gasteiger partial charge >= 0.3 is 0 Å². The maximum atomic E-state index is 8.80. The standard InChI is InChI=1S/C20H20N2O3S/c23-12-4-5-16-8-10-17(11-9-16)20-22-21-19(25-20)15-26-14-13-24-18-6-2-1-3-7-18/h1-11,23H,12-15H2. The molecule has 6 heteroatoms. The molecule has 1 aromatic heterocycles. The van der Waals surface area contributed by atoms with Crippen molar-refractivity contribution < 1.29 is 14.3 Å². The highest BCUT2D eigenvalue weighted by molar-refractivity contribution is 7.98. The summed E-state index contributed by atoms with van der Waals surface area (Å²) in [6.07, 6.45) is 3.55. The van der Waals surface area contributed by atoms with Gasteiger partial charge < -0.3 is 14.3 Å². The zero-order valence-electron chi connectivity index (χ0n) is 14.2. The SMILES string of the molecule is OCC=Cc1ccc(-c2nnc(CSCCOc3ccccc3)o2)cc1. The summed E-state index contributed by atoms with van der Waals surface area (Å²) in [4.78, 5) is 0. The van der Waals surface area contributed by atoms with Crippen LogP contribution in [0.15, 0.2) is 65.1 Å². The van der Waals surface area contributed by atoms with Gasteiger partial charge in [-0.3, -0.25) is 0 Å². The number of benzene rings is 2. The van der Waals surface area contributed by atoms with Crippen LogP contribution in [0.2, 0.25) is 0 Å². The van der Waals surface area contributed by atoms with E-state index in [1.807, 2.05) is 60.7 Å². The third-order valence-electron chi connectivity index (χ3n) is 3.51. The lowest BCUT2D eigenvalue weighted by Crippen LogP contribution is -2.00. The number of aliphatic hydroxyl groups is 1. The Morgan fingerprint density at radius 3 is 2.62 bits per heavy atom. The fraction of sp³-hybridized carbons (Fsp3) is 0.200. The number of para-hydroxylation sites is 1. The van der Waals surface area contributed by atoms with Crippen LogP contribution in [0.5, 0.6) is 5.75 Å². The maximum Gasteiger partial charge on any atom is 0.247 e. The van der Waals surface area contributed by atoms with Crippen LogP contribution in [0.25, 0.3) is 17.5 Å². The zero-order chi connectivity index (χ0) is 18.0. The molecule has 1 heterocycles. The van der Waals surface area contributed by atoms with Gasteiger partial charge in [0.05, 0.1) is 19.0 Å². The second-order valence-electron chi connectivity index (χ2n) is 5.42. The molecule has 0 aliphatic heterocycles. The molecule has 0 amide bonds. The van der Waals surface area contributed by atoms with Crippen molar-refractivity contribution in [1.82, 2.24) is 10.2 Å². The number of aliphatic hydroxyl groups excluding tert-OH is 1. The average molecular weight is 368 g/mol. The molecule has 0 radical (unpaired) electrons. The summed E-state index contributed by atoms with van der Waals surface area (Å²) in [6, 6.07) is 17.5. The van der Waals surface area contributed by atoms with Crippen LogP contribution >= 0.6 is 11.8 Å². The number of ether oxygens (including phenoxy) is 1. The van der Waals surface area contributed by atoms with Crippen molar-refractivity contribution in [1.29, 1.82) is 0 Å². The van der Waals surface area contributed by atoms with Crippen LogP contribution < -0.4 is 4.74 Å². The molecule has 3 rings (SSSR count). The van der Waals surface area contributed by atoms with Crippen molar-refractivity contribution in [3.05, 3.63) is 72.1 Å². The number of thioether (sulfide) groups is 1. The monoisotopic (exact) mass is 368 g/mol. The quantitative estimate of drug-likeness (QED) is 0.575. The molecule has 5 nitrogen and oxygen atoms in total. The van der Waals surface area contributed by atoms with Gasteiger partial charge in [0.25, 0.3) is 0 Å². The second-order valence-corrected chi connectivity index (χ2v) is 6.53. The van der Waals surface area contributed by atoms with Gasteiger partial charge in [0.15, 0.2) is 0 Å². The first-order valence-corrected chi connectivity index (χ1v) is 9.46. The normalized spacial score (nSPS) is 11.1. The fourth-order valence-corrected chi connectivity index (χ4v) is 2.89. The summed E-state index contributed by atoms with van der Waals surface area (Å²) in [5, 5.41) is 17.0. The van der Waals surface area contributed by atoms with Crippen molar-refractivity contribution in [3.8, 4) is 17.2 Å². The van der Waals surface area contributed by atoms with E-state index in [1.54, 1.807) is 17.8 Å². The van der Waals surface area contributed by atoms with E-state index >= 15 is 0 Å². The highest BCUT2D eigenvalue weighted by Gasteiger charge is 2.08. The first-order valence-electron chi connectivity index (χ1n) is 8.31. The number of hydrogen-bond donors (Lipinski definition) is 1. The van der Waals surface area contributed by atoms with Crippen molar-refractivity contribution in [2.75, 3.05) is 19.0 Å². The fourth-order valence-electron chi connectivity index (χ4n) is 2.25. The third kappa shape index (κ3) is 5.47. The Morgan fingerprint density at radius 2 is 1.85 bits per heavy atom. The smallest absolute Gasteiger partial charge is 0.247 e. The highest BCUT2D eigenvalue weighted by Crippen LogP contribution is 2.21. The van der Waals surface area contributed by atoms with Gasteiger partial charge in [-0.2, -0.15) is 0 Å². The largest absolute Gasteiger partial charge is 0.493 e. The molecule has 26 heavy (non-hydrogen) atoms. The van der Waals surface area contributed by atoms with Crippen LogP contribution in [0.3, 0.4) is 0 Å². The molecule has 0 fully saturated rings. The topological polar surface area (TPSA) is 68.4 Å². The minimum atomic E-state index is 0.0306. The minimum Gasteiger partial charge on any atom is -0.493 e. The minimum absolute atomic E-state index is 0.0306. The van der Waals surface area contributed by atoms with Gasteiger partial charge in [0.1, 0.15) is 5.75 Å². The number of rotatable bonds is 9. The van der Waals surface area contributed by atoms with E-state index < -0.39 is 0 Å². The average Bonchev–Trinajstić information content (AvgIpc) is 3.16. The van der Waals surface area contributed by atoms with Crippen molar-refractivity contribution in [2.45, 2.75) is 5.75 Å². The van der Waals surface area contributed by atoms with Crippen LogP contribution in [0, 0.1) is 0 Å². The Kier molecular flexibility index (Phi) is 6.87. The summed E-state index contributed by atoms with van der Waals surface area (Å²) in [5.74, 6) is 3.50. The predicted molar refractivity (Wildman–Crippen MR) is 104 cm³/mol. The molecule has 0 saturated heterocycles. The molecule has 3 aromatic rings. The molecule has 0 spiro atoms. The third-order valence-corrected chi connectivity index (χ3v) is 4.41. The van der Waals surface area contributed by atoms with Crippen LogP contribution in [0.4, 0.5) is 0 Å². The van der Waals surface area contributed by atoms with Gasteiger partial charge in [-0.25, -0.2) is 0 Å². The van der Waals surface area contributed by atoms with Gasteiger partial charge in [-0.05, 0) is 29.8 Å². The van der Waals surface area contributed by atoms with Gasteiger partial charge in [-0.15, -0.1) is 22.0 Å². The molecule has 0 bridgehead atoms. The molecule has 0 saturated carbocycles. The summed E-state index contributed by atoms with van der Waals surface area (Å²) in [7, 11) is 0. The van der Waals surface area contributed by atoms with Crippen molar-refractivity contribution in [2.24, 2.45) is 0 Å². The van der Waals surface area contributed by atoms with E-state index in [0.717, 1.165) is 22.6 Å². The lowest BCUT2D eigenvalue weighted by atomic mass is 10.1. The number of nitrogens with zero attached hydrogens (tertiary/aromatic N) is 2. The molecule has 0 unspecified atom stereocenters. The molecule has 1 N–H and O–H groups in total. The molecule has 0 aliphatic carbocycles. The Hall–Kier alpha value is -2.57. The van der Waals surface area contributed by atoms with E-state index in [2.05, 4.69) is 10.2 Å². The molecule has 134 valence electrons. The summed E-state index contributed by atoms with van der Waals surface area (Å²) >= 11 is 1.69. The summed E-state index contributed by atoms with van der Waals surface area (Å²) in [6.45, 7) is 0.668. The molecule has 0 atom stereocenters. The van der Waals surface area contributed by atoms with E-state index in [0.29, 0.717) is 24.1 Å². The van der Waals surface area contributed by atoms with E-state index in [4.69, 9.17) is 14.3 Å². The van der Waals surface area contributed by atoms with E-state index in [-0.39, 0.29) is 6.61 Å². The van der Waals surface area contributed by atoms with Crippen LogP contribution in [-0.4, -0.2) is 34.3 Å². The lowest BCUT2D eigenvalue weighted by Gasteiger charge is -2.04. The van der Waals surface area contributed by atoms with Crippen molar-refractivity contribution >= 4 is 17.8 Å². The molecule has 0 aliphatic rings. The Bertz CT molecular complexity index is 817. The second kappa shape index (κ2) is 9.79. The molecular weight excluding hydrogens is 348 g/mol. The van der Waals surface area contributed by atoms with Gasteiger partial charge in [0, 0.05) is 11.3 Å². The summed E-state index contributed by atoms with van der Waals surface area (Å²) < 4.78 is 11.4. The summed E-state index contributed by atoms with van der Waals surface area (Å²) in [5.41, 5.74) is 1.89. The van der Waals surface area contributed by atoms with E-state index in [1.165, 1.54) is 0 Å². The van der Waals surface area contributed by atoms with Crippen molar-refractivity contribution in [3.63, 3.8) is 0 Å². The van der Waals surface area contributed by atoms with Crippen LogP contribution in [-0.2, 0) is 5.75 Å². The Morgan fingerprint density at radius 1 is 1.04 bits per heavy atom. The van der Waals surface area contributed by atoms with Gasteiger partial charge in [0.2, 0.25) is 11.8 Å². The molecule has 2 aromatic carbocycles. The van der Waals surface area contributed by atoms with Gasteiger partial charge in [-0.1, -0.05) is 42.5 Å². The Balaban J connectivity index is 1.45. The number of aromatic nitrogens is 2. The highest BCUT2D eigenvalue weighted by atomic mass is 32.2. The first kappa shape index (κ1) is 18.2. The molecular formula is C20H20N2O3S. The predicted octanol–water partition coefficient (Wildman–Crippen LogP) is 4.05. The zero-order valence-corrected chi connectivity index (χ0v) is 15.1. The lowest BCUT2D eigenvalue weighted by molar-refractivity contribution is 0.343. The van der Waals surface area contributed by atoms with E-state index in [9.17, 15) is 0 Å². The first-order chi connectivity index (χ1) is 12.8. The number of hydrogen-bond acceptors (Lipinski definition) is 6. The Labute approximate surface area is 156 Å². The maximum absolute atomic E-state index is 8.80. The van der Waals surface area contributed by atoms with Crippen LogP contribution in [0.1, 0.15) is 11.5 Å².